The van der Waals surface area contributed by atoms with E-state index >= 15 is 0 Å². The third-order valence-electron chi connectivity index (χ3n) is 7.20. The first kappa shape index (κ1) is 21.2. The highest BCUT2D eigenvalue weighted by Crippen LogP contribution is 2.25. The number of piperidine rings is 2. The lowest BCUT2D eigenvalue weighted by atomic mass is 9.99. The van der Waals surface area contributed by atoms with Gasteiger partial charge in [-0.05, 0) is 63.4 Å². The lowest BCUT2D eigenvalue weighted by Crippen LogP contribution is -2.48. The van der Waals surface area contributed by atoms with Crippen LogP contribution in [-0.4, -0.2) is 63.6 Å². The molecule has 1 aromatic heterocycles. The predicted molar refractivity (Wildman–Crippen MR) is 124 cm³/mol. The molecular weight excluding hydrogens is 402 g/mol. The monoisotopic (exact) mass is 435 g/mol. The van der Waals surface area contributed by atoms with E-state index in [2.05, 4.69) is 10.00 Å². The van der Waals surface area contributed by atoms with Crippen LogP contribution in [0.3, 0.4) is 0 Å². The molecule has 7 nitrogen and oxygen atoms in total. The predicted octanol–water partition coefficient (Wildman–Crippen LogP) is 3.22. The van der Waals surface area contributed by atoms with Crippen molar-refractivity contribution in [1.82, 2.24) is 19.6 Å². The molecule has 3 aliphatic rings. The minimum Gasteiger partial charge on any atom is -0.339 e. The molecule has 5 rings (SSSR count). The second kappa shape index (κ2) is 9.06. The fraction of sp³-hybridized carbons (Fsp3) is 0.560. The number of aryl methyl sites for hydroxylation is 2. The molecule has 0 bridgehead atoms. The number of amides is 2. The molecule has 0 saturated carbocycles. The largest absolute Gasteiger partial charge is 0.339 e. The molecule has 0 spiro atoms. The van der Waals surface area contributed by atoms with Crippen LogP contribution in [0.25, 0.3) is 0 Å². The summed E-state index contributed by atoms with van der Waals surface area (Å²) in [4.78, 5) is 32.0. The Morgan fingerprint density at radius 2 is 1.72 bits per heavy atom. The molecule has 1 aromatic carbocycles. The number of nitrogens with zero attached hydrogens (tertiary/aromatic N) is 5. The standard InChI is InChI=1S/C25H33N5O2/c1-19-17-23-29(24(31)11-16-30(23)26-19)18-20-5-7-21(8-6-20)25(32)28-14-9-22(10-15-28)27-12-3-2-4-13-27/h5-8,17,22H,2-4,9-16,18H2,1H3. The minimum absolute atomic E-state index is 0.120. The molecule has 0 radical (unpaired) electrons. The summed E-state index contributed by atoms with van der Waals surface area (Å²) in [6, 6.07) is 10.4. The van der Waals surface area contributed by atoms with Gasteiger partial charge in [-0.2, -0.15) is 5.10 Å². The molecule has 3 aliphatic heterocycles. The first-order chi connectivity index (χ1) is 15.6. The van der Waals surface area contributed by atoms with E-state index < -0.39 is 0 Å². The molecule has 0 atom stereocenters. The Balaban J connectivity index is 1.20. The lowest BCUT2D eigenvalue weighted by Gasteiger charge is -2.40. The molecule has 32 heavy (non-hydrogen) atoms. The van der Waals surface area contributed by atoms with E-state index in [1.807, 2.05) is 46.8 Å². The van der Waals surface area contributed by atoms with Crippen LogP contribution in [0.15, 0.2) is 30.3 Å². The lowest BCUT2D eigenvalue weighted by molar-refractivity contribution is -0.119. The second-order valence-electron chi connectivity index (χ2n) is 9.41. The number of hydrogen-bond donors (Lipinski definition) is 0. The van der Waals surface area contributed by atoms with Crippen molar-refractivity contribution in [1.29, 1.82) is 0 Å². The Bertz CT molecular complexity index is 969. The highest BCUT2D eigenvalue weighted by molar-refractivity contribution is 5.95. The fourth-order valence-electron chi connectivity index (χ4n) is 5.38. The first-order valence-electron chi connectivity index (χ1n) is 12.1. The van der Waals surface area contributed by atoms with E-state index in [9.17, 15) is 9.59 Å². The van der Waals surface area contributed by atoms with E-state index in [1.165, 1.54) is 32.4 Å². The number of aromatic nitrogens is 2. The van der Waals surface area contributed by atoms with Gasteiger partial charge in [0, 0.05) is 37.2 Å². The number of rotatable bonds is 4. The van der Waals surface area contributed by atoms with Crippen molar-refractivity contribution in [3.05, 3.63) is 47.2 Å². The summed E-state index contributed by atoms with van der Waals surface area (Å²) < 4.78 is 1.90. The van der Waals surface area contributed by atoms with Gasteiger partial charge in [0.15, 0.2) is 0 Å². The highest BCUT2D eigenvalue weighted by atomic mass is 16.2. The number of likely N-dealkylation sites (tertiary alicyclic amines) is 2. The van der Waals surface area contributed by atoms with Crippen LogP contribution in [0.4, 0.5) is 5.82 Å². The summed E-state index contributed by atoms with van der Waals surface area (Å²) in [5.41, 5.74) is 2.67. The van der Waals surface area contributed by atoms with Crippen molar-refractivity contribution in [3.8, 4) is 0 Å². The van der Waals surface area contributed by atoms with Crippen LogP contribution in [-0.2, 0) is 17.9 Å². The van der Waals surface area contributed by atoms with Gasteiger partial charge in [0.2, 0.25) is 5.91 Å². The number of carbonyl (C=O) groups excluding carboxylic acids is 2. The maximum atomic E-state index is 13.0. The Kier molecular flexibility index (Phi) is 6.00. The summed E-state index contributed by atoms with van der Waals surface area (Å²) in [7, 11) is 0. The van der Waals surface area contributed by atoms with Crippen molar-refractivity contribution < 1.29 is 9.59 Å². The van der Waals surface area contributed by atoms with E-state index in [0.29, 0.717) is 25.6 Å². The molecule has 0 N–H and O–H groups in total. The summed E-state index contributed by atoms with van der Waals surface area (Å²) in [5.74, 6) is 1.10. The molecule has 2 saturated heterocycles. The van der Waals surface area contributed by atoms with Gasteiger partial charge < -0.3 is 9.80 Å². The zero-order valence-electron chi connectivity index (χ0n) is 19.0. The maximum Gasteiger partial charge on any atom is 0.253 e. The van der Waals surface area contributed by atoms with Gasteiger partial charge in [-0.25, -0.2) is 4.68 Å². The average Bonchev–Trinajstić information content (AvgIpc) is 3.22. The summed E-state index contributed by atoms with van der Waals surface area (Å²) >= 11 is 0. The number of fused-ring (bicyclic) bond motifs is 1. The van der Waals surface area contributed by atoms with Crippen LogP contribution in [0.1, 0.15) is 60.1 Å². The van der Waals surface area contributed by atoms with Crippen molar-refractivity contribution >= 4 is 17.6 Å². The SMILES string of the molecule is Cc1cc2n(n1)CCC(=O)N2Cc1ccc(C(=O)N2CCC(N3CCCCC3)CC2)cc1. The first-order valence-corrected chi connectivity index (χ1v) is 12.1. The quantitative estimate of drug-likeness (QED) is 0.740. The van der Waals surface area contributed by atoms with Gasteiger partial charge in [-0.15, -0.1) is 0 Å². The molecule has 0 aliphatic carbocycles. The highest BCUT2D eigenvalue weighted by Gasteiger charge is 2.29. The van der Waals surface area contributed by atoms with Gasteiger partial charge >= 0.3 is 0 Å². The van der Waals surface area contributed by atoms with E-state index in [0.717, 1.165) is 48.6 Å². The Morgan fingerprint density at radius 3 is 2.44 bits per heavy atom. The number of benzene rings is 1. The van der Waals surface area contributed by atoms with Crippen molar-refractivity contribution in [2.75, 3.05) is 31.1 Å². The zero-order valence-corrected chi connectivity index (χ0v) is 19.0. The molecule has 7 heteroatoms. The molecule has 4 heterocycles. The molecule has 2 amide bonds. The van der Waals surface area contributed by atoms with Crippen molar-refractivity contribution in [3.63, 3.8) is 0 Å². The van der Waals surface area contributed by atoms with Crippen LogP contribution in [0.2, 0.25) is 0 Å². The Hall–Kier alpha value is -2.67. The third kappa shape index (κ3) is 4.31. The van der Waals surface area contributed by atoms with Gasteiger partial charge in [0.05, 0.1) is 18.8 Å². The Morgan fingerprint density at radius 1 is 1.00 bits per heavy atom. The van der Waals surface area contributed by atoms with Gasteiger partial charge in [0.25, 0.3) is 5.91 Å². The van der Waals surface area contributed by atoms with E-state index in [-0.39, 0.29) is 11.8 Å². The topological polar surface area (TPSA) is 61.7 Å². The summed E-state index contributed by atoms with van der Waals surface area (Å²) in [6.45, 7) is 7.21. The van der Waals surface area contributed by atoms with Crippen LogP contribution < -0.4 is 4.90 Å². The van der Waals surface area contributed by atoms with Crippen molar-refractivity contribution in [2.24, 2.45) is 0 Å². The smallest absolute Gasteiger partial charge is 0.253 e. The average molecular weight is 436 g/mol. The molecule has 2 fully saturated rings. The third-order valence-corrected chi connectivity index (χ3v) is 7.20. The molecule has 0 unspecified atom stereocenters. The van der Waals surface area contributed by atoms with E-state index in [1.54, 1.807) is 4.90 Å². The van der Waals surface area contributed by atoms with Gasteiger partial charge in [-0.3, -0.25) is 14.5 Å². The van der Waals surface area contributed by atoms with Gasteiger partial charge in [0.1, 0.15) is 5.82 Å². The summed E-state index contributed by atoms with van der Waals surface area (Å²) in [6.07, 6.45) is 6.62. The van der Waals surface area contributed by atoms with Gasteiger partial charge in [-0.1, -0.05) is 18.6 Å². The minimum atomic E-state index is 0.120. The van der Waals surface area contributed by atoms with Crippen LogP contribution >= 0.6 is 0 Å². The Labute approximate surface area is 190 Å². The molecular formula is C25H33N5O2. The number of hydrogen-bond acceptors (Lipinski definition) is 4. The zero-order chi connectivity index (χ0) is 22.1. The van der Waals surface area contributed by atoms with E-state index in [4.69, 9.17) is 0 Å². The van der Waals surface area contributed by atoms with Crippen LogP contribution in [0, 0.1) is 6.92 Å². The number of carbonyl (C=O) groups is 2. The normalized spacial score (nSPS) is 20.5. The maximum absolute atomic E-state index is 13.0. The van der Waals surface area contributed by atoms with Crippen LogP contribution in [0.5, 0.6) is 0 Å². The second-order valence-corrected chi connectivity index (χ2v) is 9.41. The van der Waals surface area contributed by atoms with Crippen molar-refractivity contribution in [2.45, 2.75) is 64.6 Å². The number of anilines is 1. The molecule has 170 valence electrons. The summed E-state index contributed by atoms with van der Waals surface area (Å²) in [5, 5.41) is 4.47. The fourth-order valence-corrected chi connectivity index (χ4v) is 5.38. The molecule has 2 aromatic rings.